The number of halogens is 6. The molecule has 184 valence electrons. The van der Waals surface area contributed by atoms with Gasteiger partial charge in [0.2, 0.25) is 0 Å². The Morgan fingerprint density at radius 3 is 2.47 bits per heavy atom. The summed E-state index contributed by atoms with van der Waals surface area (Å²) in [6.45, 7) is -0.808. The third kappa shape index (κ3) is 4.86. The average Bonchev–Trinajstić information content (AvgIpc) is 3.32. The molecule has 1 aliphatic heterocycles. The Morgan fingerprint density at radius 2 is 1.88 bits per heavy atom. The lowest BCUT2D eigenvalue weighted by atomic mass is 10.0. The third-order valence-corrected chi connectivity index (χ3v) is 5.66. The molecule has 2 fully saturated rings. The van der Waals surface area contributed by atoms with Gasteiger partial charge in [-0.1, -0.05) is 0 Å². The predicted octanol–water partition coefficient (Wildman–Crippen LogP) is 3.49. The number of nitrogens with two attached hydrogens (primary N) is 1. The molecule has 1 saturated carbocycles. The van der Waals surface area contributed by atoms with E-state index in [-0.39, 0.29) is 30.1 Å². The molecule has 4 rings (SSSR count). The lowest BCUT2D eigenvalue weighted by Gasteiger charge is -2.22. The fourth-order valence-corrected chi connectivity index (χ4v) is 4.00. The van der Waals surface area contributed by atoms with Crippen molar-refractivity contribution in [1.82, 2.24) is 14.8 Å². The van der Waals surface area contributed by atoms with Gasteiger partial charge >= 0.3 is 12.4 Å². The van der Waals surface area contributed by atoms with E-state index in [9.17, 15) is 35.9 Å². The summed E-state index contributed by atoms with van der Waals surface area (Å²) < 4.78 is 87.6. The molecular formula is C20H19F6N5O3. The van der Waals surface area contributed by atoms with Crippen molar-refractivity contribution in [2.24, 2.45) is 11.7 Å². The van der Waals surface area contributed by atoms with Gasteiger partial charge in [0, 0.05) is 36.9 Å². The topological polar surface area (TPSA) is 112 Å². The summed E-state index contributed by atoms with van der Waals surface area (Å²) in [4.78, 5) is 28.0. The number of hydrogen-bond acceptors (Lipinski definition) is 5. The fourth-order valence-electron chi connectivity index (χ4n) is 4.00. The van der Waals surface area contributed by atoms with E-state index in [0.29, 0.717) is 17.5 Å². The van der Waals surface area contributed by atoms with Gasteiger partial charge in [0.15, 0.2) is 6.10 Å². The number of hydrogen-bond donors (Lipinski definition) is 2. The predicted molar refractivity (Wildman–Crippen MR) is 104 cm³/mol. The minimum absolute atomic E-state index is 0.0580. The molecule has 3 heterocycles. The van der Waals surface area contributed by atoms with E-state index in [1.165, 1.54) is 6.07 Å². The van der Waals surface area contributed by atoms with Gasteiger partial charge in [-0.05, 0) is 31.4 Å². The highest BCUT2D eigenvalue weighted by molar-refractivity contribution is 6.05. The Labute approximate surface area is 188 Å². The second-order valence-electron chi connectivity index (χ2n) is 8.19. The van der Waals surface area contributed by atoms with E-state index < -0.39 is 59.9 Å². The molecule has 0 spiro atoms. The lowest BCUT2D eigenvalue weighted by molar-refractivity contribution is -0.217. The SMILES string of the molecule is NC(=O)c1cc(NC(=O)c2c(C(F)(F)F)c(C3CC3)nn2CC2CCO[C@@H]2C(F)(F)F)ccn1. The van der Waals surface area contributed by atoms with E-state index >= 15 is 0 Å². The van der Waals surface area contributed by atoms with Crippen LogP contribution in [0.2, 0.25) is 0 Å². The number of carbonyl (C=O) groups excluding carboxylic acids is 2. The second kappa shape index (κ2) is 8.56. The van der Waals surface area contributed by atoms with E-state index in [0.717, 1.165) is 12.3 Å². The van der Waals surface area contributed by atoms with Crippen LogP contribution in [0, 0.1) is 5.92 Å². The number of nitrogens with zero attached hydrogens (tertiary/aromatic N) is 3. The molecule has 2 aromatic rings. The van der Waals surface area contributed by atoms with Crippen LogP contribution in [-0.2, 0) is 17.5 Å². The van der Waals surface area contributed by atoms with Crippen molar-refractivity contribution in [1.29, 1.82) is 0 Å². The van der Waals surface area contributed by atoms with Crippen LogP contribution in [0.25, 0.3) is 0 Å². The van der Waals surface area contributed by atoms with Gasteiger partial charge in [-0.15, -0.1) is 0 Å². The molecule has 2 amide bonds. The number of aromatic nitrogens is 3. The Bertz CT molecular complexity index is 1110. The summed E-state index contributed by atoms with van der Waals surface area (Å²) in [6, 6.07) is 2.30. The van der Waals surface area contributed by atoms with Crippen LogP contribution in [0.15, 0.2) is 18.3 Å². The summed E-state index contributed by atoms with van der Waals surface area (Å²) in [5, 5.41) is 6.20. The first kappa shape index (κ1) is 24.0. The molecule has 2 atom stereocenters. The first-order valence-corrected chi connectivity index (χ1v) is 10.3. The molecule has 14 heteroatoms. The van der Waals surface area contributed by atoms with Crippen LogP contribution in [0.5, 0.6) is 0 Å². The molecular weight excluding hydrogens is 472 g/mol. The van der Waals surface area contributed by atoms with Crippen LogP contribution in [0.3, 0.4) is 0 Å². The van der Waals surface area contributed by atoms with Gasteiger partial charge in [-0.3, -0.25) is 19.3 Å². The van der Waals surface area contributed by atoms with Crippen LogP contribution >= 0.6 is 0 Å². The van der Waals surface area contributed by atoms with Crippen molar-refractivity contribution in [3.05, 3.63) is 41.0 Å². The number of primary amides is 1. The largest absolute Gasteiger partial charge is 0.420 e. The molecule has 3 N–H and O–H groups in total. The monoisotopic (exact) mass is 491 g/mol. The zero-order chi connectivity index (χ0) is 24.8. The zero-order valence-corrected chi connectivity index (χ0v) is 17.4. The number of nitrogens with one attached hydrogen (secondary N) is 1. The molecule has 0 bridgehead atoms. The van der Waals surface area contributed by atoms with E-state index in [1.807, 2.05) is 0 Å². The Kier molecular flexibility index (Phi) is 6.04. The normalized spacial score (nSPS) is 21.0. The summed E-state index contributed by atoms with van der Waals surface area (Å²) in [5.41, 5.74) is 2.27. The highest BCUT2D eigenvalue weighted by Gasteiger charge is 2.50. The van der Waals surface area contributed by atoms with Crippen LogP contribution in [-0.4, -0.2) is 45.5 Å². The minimum Gasteiger partial charge on any atom is -0.368 e. The summed E-state index contributed by atoms with van der Waals surface area (Å²) >= 11 is 0. The minimum atomic E-state index is -4.98. The van der Waals surface area contributed by atoms with Crippen LogP contribution in [0.1, 0.15) is 57.4 Å². The first-order chi connectivity index (χ1) is 15.9. The second-order valence-corrected chi connectivity index (χ2v) is 8.19. The fraction of sp³-hybridized carbons (Fsp3) is 0.500. The number of pyridine rings is 1. The molecule has 8 nitrogen and oxygen atoms in total. The average molecular weight is 491 g/mol. The van der Waals surface area contributed by atoms with Gasteiger partial charge in [0.25, 0.3) is 11.8 Å². The summed E-state index contributed by atoms with van der Waals surface area (Å²) in [7, 11) is 0. The number of rotatable bonds is 6. The molecule has 1 saturated heterocycles. The lowest BCUT2D eigenvalue weighted by Crippen LogP contribution is -2.36. The molecule has 2 aliphatic rings. The van der Waals surface area contributed by atoms with E-state index in [4.69, 9.17) is 10.5 Å². The van der Waals surface area contributed by atoms with E-state index in [1.54, 1.807) is 0 Å². The van der Waals surface area contributed by atoms with Crippen molar-refractivity contribution >= 4 is 17.5 Å². The van der Waals surface area contributed by atoms with Crippen molar-refractivity contribution in [3.63, 3.8) is 0 Å². The Balaban J connectivity index is 1.74. The molecule has 1 unspecified atom stereocenters. The van der Waals surface area contributed by atoms with Gasteiger partial charge in [0.05, 0.1) is 5.69 Å². The first-order valence-electron chi connectivity index (χ1n) is 10.3. The smallest absolute Gasteiger partial charge is 0.368 e. The van der Waals surface area contributed by atoms with Gasteiger partial charge in [0.1, 0.15) is 17.0 Å². The Hall–Kier alpha value is -3.16. The van der Waals surface area contributed by atoms with E-state index in [2.05, 4.69) is 15.4 Å². The molecule has 1 aliphatic carbocycles. The molecule has 0 radical (unpaired) electrons. The quantitative estimate of drug-likeness (QED) is 0.601. The van der Waals surface area contributed by atoms with Crippen molar-refractivity contribution in [2.45, 2.75) is 50.2 Å². The van der Waals surface area contributed by atoms with Gasteiger partial charge < -0.3 is 15.8 Å². The number of amides is 2. The number of alkyl halides is 6. The zero-order valence-electron chi connectivity index (χ0n) is 17.4. The number of carbonyl (C=O) groups is 2. The summed E-state index contributed by atoms with van der Waals surface area (Å²) in [6.07, 6.45) is -9.96. The highest BCUT2D eigenvalue weighted by Crippen LogP contribution is 2.47. The highest BCUT2D eigenvalue weighted by atomic mass is 19.4. The van der Waals surface area contributed by atoms with Crippen molar-refractivity contribution in [2.75, 3.05) is 11.9 Å². The van der Waals surface area contributed by atoms with Gasteiger partial charge in [-0.25, -0.2) is 0 Å². The maximum atomic E-state index is 14.0. The Morgan fingerprint density at radius 1 is 1.18 bits per heavy atom. The van der Waals surface area contributed by atoms with Crippen LogP contribution in [0.4, 0.5) is 32.0 Å². The molecule has 2 aromatic heterocycles. The number of anilines is 1. The van der Waals surface area contributed by atoms with Crippen molar-refractivity contribution < 1.29 is 40.7 Å². The molecule has 34 heavy (non-hydrogen) atoms. The van der Waals surface area contributed by atoms with Crippen LogP contribution < -0.4 is 11.1 Å². The maximum Gasteiger partial charge on any atom is 0.420 e. The number of ether oxygens (including phenoxy) is 1. The standard InChI is InChI=1S/C20H19F6N5O3/c21-19(22,23)13-14(9-1-2-9)30-31(8-10-4-6-34-16(10)20(24,25)26)15(13)18(33)29-11-3-5-28-12(7-11)17(27)32/h3,5,7,9-10,16H,1-2,4,6,8H2,(H2,27,32)(H,28,29,33)/t10?,16-/m0/s1. The summed E-state index contributed by atoms with van der Waals surface area (Å²) in [5.74, 6) is -3.92. The molecule has 0 aromatic carbocycles. The third-order valence-electron chi connectivity index (χ3n) is 5.66. The van der Waals surface area contributed by atoms with Gasteiger partial charge in [-0.2, -0.15) is 31.4 Å². The maximum absolute atomic E-state index is 14.0. The van der Waals surface area contributed by atoms with Crippen molar-refractivity contribution in [3.8, 4) is 0 Å².